The molecule has 3 heteroatoms. The Morgan fingerprint density at radius 2 is 2.23 bits per heavy atom. The molecule has 0 unspecified atom stereocenters. The lowest BCUT2D eigenvalue weighted by atomic mass is 9.99. The maximum absolute atomic E-state index is 11.6. The van der Waals surface area contributed by atoms with E-state index in [1.807, 2.05) is 19.2 Å². The van der Waals surface area contributed by atoms with Gasteiger partial charge in [-0.15, -0.1) is 0 Å². The fraction of sp³-hybridized carbons (Fsp3) is 0.300. The summed E-state index contributed by atoms with van der Waals surface area (Å²) in [5, 5.41) is 0. The Balaban J connectivity index is 2.51. The van der Waals surface area contributed by atoms with Gasteiger partial charge in [0.1, 0.15) is 0 Å². The lowest BCUT2D eigenvalue weighted by molar-refractivity contribution is 0.0781. The van der Waals surface area contributed by atoms with Crippen LogP contribution in [0.5, 0.6) is 0 Å². The number of anilines is 1. The van der Waals surface area contributed by atoms with Crippen molar-refractivity contribution in [3.8, 4) is 0 Å². The summed E-state index contributed by atoms with van der Waals surface area (Å²) in [5.74, 6) is 0.0774. The van der Waals surface area contributed by atoms with Gasteiger partial charge < -0.3 is 10.6 Å². The first-order valence-electron chi connectivity index (χ1n) is 4.32. The Morgan fingerprint density at radius 3 is 3.00 bits per heavy atom. The summed E-state index contributed by atoms with van der Waals surface area (Å²) in [6.45, 7) is 0.801. The second-order valence-corrected chi connectivity index (χ2v) is 3.39. The third kappa shape index (κ3) is 1.26. The number of nitrogens with zero attached hydrogens (tertiary/aromatic N) is 1. The predicted octanol–water partition coefficient (Wildman–Crippen LogP) is 0.897. The monoisotopic (exact) mass is 176 g/mol. The second kappa shape index (κ2) is 2.76. The summed E-state index contributed by atoms with van der Waals surface area (Å²) < 4.78 is 0. The maximum Gasteiger partial charge on any atom is 0.253 e. The van der Waals surface area contributed by atoms with Gasteiger partial charge in [-0.05, 0) is 24.1 Å². The fourth-order valence-corrected chi connectivity index (χ4v) is 1.61. The topological polar surface area (TPSA) is 46.3 Å². The summed E-state index contributed by atoms with van der Waals surface area (Å²) in [7, 11) is 1.81. The summed E-state index contributed by atoms with van der Waals surface area (Å²) in [6.07, 6.45) is 0.928. The van der Waals surface area contributed by atoms with Gasteiger partial charge >= 0.3 is 0 Å². The van der Waals surface area contributed by atoms with E-state index in [9.17, 15) is 4.79 Å². The fourth-order valence-electron chi connectivity index (χ4n) is 1.61. The highest BCUT2D eigenvalue weighted by Crippen LogP contribution is 2.20. The third-order valence-electron chi connectivity index (χ3n) is 2.43. The molecule has 1 heterocycles. The summed E-state index contributed by atoms with van der Waals surface area (Å²) in [4.78, 5) is 13.4. The minimum atomic E-state index is 0.0774. The summed E-state index contributed by atoms with van der Waals surface area (Å²) in [6, 6.07) is 5.54. The van der Waals surface area contributed by atoms with Gasteiger partial charge in [0.2, 0.25) is 0 Å². The number of rotatable bonds is 0. The largest absolute Gasteiger partial charge is 0.399 e. The van der Waals surface area contributed by atoms with Crippen LogP contribution in [-0.2, 0) is 6.42 Å². The molecule has 0 atom stereocenters. The highest BCUT2D eigenvalue weighted by Gasteiger charge is 2.20. The van der Waals surface area contributed by atoms with Crippen LogP contribution in [0.1, 0.15) is 15.9 Å². The van der Waals surface area contributed by atoms with Gasteiger partial charge in [0.25, 0.3) is 5.91 Å². The molecule has 0 fully saturated rings. The van der Waals surface area contributed by atoms with E-state index < -0.39 is 0 Å². The maximum atomic E-state index is 11.6. The number of carbonyl (C=O) groups is 1. The van der Waals surface area contributed by atoms with Crippen molar-refractivity contribution in [2.75, 3.05) is 19.3 Å². The number of amides is 1. The first-order chi connectivity index (χ1) is 6.18. The number of hydrogen-bond donors (Lipinski definition) is 1. The molecule has 2 rings (SSSR count). The zero-order valence-corrected chi connectivity index (χ0v) is 7.58. The Bertz CT molecular complexity index is 360. The smallest absolute Gasteiger partial charge is 0.253 e. The number of fused-ring (bicyclic) bond motifs is 1. The Labute approximate surface area is 77.1 Å². The van der Waals surface area contributed by atoms with Gasteiger partial charge in [0, 0.05) is 24.8 Å². The van der Waals surface area contributed by atoms with Crippen LogP contribution in [0.4, 0.5) is 5.69 Å². The minimum Gasteiger partial charge on any atom is -0.399 e. The van der Waals surface area contributed by atoms with Crippen LogP contribution in [0.3, 0.4) is 0 Å². The number of benzene rings is 1. The van der Waals surface area contributed by atoms with E-state index in [1.54, 1.807) is 11.0 Å². The lowest BCUT2D eigenvalue weighted by Crippen LogP contribution is -2.34. The van der Waals surface area contributed by atoms with Gasteiger partial charge in [-0.2, -0.15) is 0 Å². The molecule has 0 spiro atoms. The van der Waals surface area contributed by atoms with Gasteiger partial charge in [0.05, 0.1) is 0 Å². The molecule has 0 bridgehead atoms. The van der Waals surface area contributed by atoms with Crippen molar-refractivity contribution in [3.63, 3.8) is 0 Å². The Hall–Kier alpha value is -1.51. The van der Waals surface area contributed by atoms with Crippen LogP contribution < -0.4 is 5.73 Å². The Morgan fingerprint density at radius 1 is 1.46 bits per heavy atom. The van der Waals surface area contributed by atoms with E-state index in [0.29, 0.717) is 5.69 Å². The molecule has 1 aromatic carbocycles. The van der Waals surface area contributed by atoms with Crippen molar-refractivity contribution in [2.24, 2.45) is 0 Å². The van der Waals surface area contributed by atoms with E-state index in [4.69, 9.17) is 5.73 Å². The first kappa shape index (κ1) is 8.10. The average Bonchev–Trinajstić information content (AvgIpc) is 2.12. The van der Waals surface area contributed by atoms with Crippen LogP contribution in [0.15, 0.2) is 18.2 Å². The molecule has 0 aromatic heterocycles. The molecule has 13 heavy (non-hydrogen) atoms. The molecule has 3 nitrogen and oxygen atoms in total. The highest BCUT2D eigenvalue weighted by molar-refractivity contribution is 5.97. The lowest BCUT2D eigenvalue weighted by Gasteiger charge is -2.24. The van der Waals surface area contributed by atoms with E-state index >= 15 is 0 Å². The zero-order chi connectivity index (χ0) is 9.42. The number of nitrogen functional groups attached to an aromatic ring is 1. The molecule has 1 amide bonds. The highest BCUT2D eigenvalue weighted by atomic mass is 16.2. The minimum absolute atomic E-state index is 0.0774. The standard InChI is InChI=1S/C10H12N2O/c1-12-5-4-7-2-3-8(11)6-9(7)10(12)13/h2-3,6H,4-5,11H2,1H3. The second-order valence-electron chi connectivity index (χ2n) is 3.39. The van der Waals surface area contributed by atoms with Gasteiger partial charge in [-0.25, -0.2) is 0 Å². The molecular weight excluding hydrogens is 164 g/mol. The number of carbonyl (C=O) groups excluding carboxylic acids is 1. The molecular formula is C10H12N2O. The van der Waals surface area contributed by atoms with Gasteiger partial charge in [0.15, 0.2) is 0 Å². The molecule has 0 radical (unpaired) electrons. The van der Waals surface area contributed by atoms with Crippen LogP contribution in [0.2, 0.25) is 0 Å². The van der Waals surface area contributed by atoms with E-state index in [0.717, 1.165) is 24.1 Å². The van der Waals surface area contributed by atoms with Gasteiger partial charge in [-0.1, -0.05) is 6.07 Å². The third-order valence-corrected chi connectivity index (χ3v) is 2.43. The SMILES string of the molecule is CN1CCc2ccc(N)cc2C1=O. The summed E-state index contributed by atoms with van der Waals surface area (Å²) >= 11 is 0. The van der Waals surface area contributed by atoms with E-state index in [1.165, 1.54) is 0 Å². The van der Waals surface area contributed by atoms with E-state index in [-0.39, 0.29) is 5.91 Å². The van der Waals surface area contributed by atoms with Crippen LogP contribution in [0, 0.1) is 0 Å². The van der Waals surface area contributed by atoms with Crippen LogP contribution >= 0.6 is 0 Å². The molecule has 1 aromatic rings. The van der Waals surface area contributed by atoms with Crippen molar-refractivity contribution < 1.29 is 4.79 Å². The molecule has 1 aliphatic rings. The molecule has 2 N–H and O–H groups in total. The average molecular weight is 176 g/mol. The van der Waals surface area contributed by atoms with Crippen molar-refractivity contribution >= 4 is 11.6 Å². The molecule has 1 aliphatic heterocycles. The van der Waals surface area contributed by atoms with Crippen LogP contribution in [0.25, 0.3) is 0 Å². The predicted molar refractivity (Wildman–Crippen MR) is 51.5 cm³/mol. The number of nitrogens with two attached hydrogens (primary N) is 1. The van der Waals surface area contributed by atoms with Gasteiger partial charge in [-0.3, -0.25) is 4.79 Å². The number of likely N-dealkylation sites (N-methyl/N-ethyl adjacent to an activating group) is 1. The van der Waals surface area contributed by atoms with Crippen molar-refractivity contribution in [1.82, 2.24) is 4.90 Å². The quantitative estimate of drug-likeness (QED) is 0.597. The van der Waals surface area contributed by atoms with Crippen molar-refractivity contribution in [3.05, 3.63) is 29.3 Å². The zero-order valence-electron chi connectivity index (χ0n) is 7.58. The molecule has 0 saturated carbocycles. The molecule has 0 aliphatic carbocycles. The molecule has 68 valence electrons. The van der Waals surface area contributed by atoms with E-state index in [2.05, 4.69) is 0 Å². The first-order valence-corrected chi connectivity index (χ1v) is 4.32. The van der Waals surface area contributed by atoms with Crippen LogP contribution in [-0.4, -0.2) is 24.4 Å². The Kier molecular flexibility index (Phi) is 1.72. The van der Waals surface area contributed by atoms with Crippen molar-refractivity contribution in [2.45, 2.75) is 6.42 Å². The summed E-state index contributed by atoms with van der Waals surface area (Å²) in [5.41, 5.74) is 8.14. The molecule has 0 saturated heterocycles. The normalized spacial score (nSPS) is 15.8. The number of hydrogen-bond acceptors (Lipinski definition) is 2. The van der Waals surface area contributed by atoms with Crippen molar-refractivity contribution in [1.29, 1.82) is 0 Å².